The Morgan fingerprint density at radius 1 is 1.16 bits per heavy atom. The molecule has 8 nitrogen and oxygen atoms in total. The van der Waals surface area contributed by atoms with Gasteiger partial charge in [-0.05, 0) is 66.9 Å². The molecule has 0 aliphatic rings. The fourth-order valence-corrected chi connectivity index (χ4v) is 4.32. The van der Waals surface area contributed by atoms with E-state index in [1.165, 1.54) is 13.2 Å². The highest BCUT2D eigenvalue weighted by molar-refractivity contribution is 7.92. The molecule has 1 heterocycles. The van der Waals surface area contributed by atoms with Crippen molar-refractivity contribution in [2.75, 3.05) is 17.6 Å². The molecule has 31 heavy (non-hydrogen) atoms. The van der Waals surface area contributed by atoms with Crippen LogP contribution in [-0.2, 0) is 27.8 Å². The minimum absolute atomic E-state index is 0.0113. The van der Waals surface area contributed by atoms with Gasteiger partial charge in [0.25, 0.3) is 10.0 Å². The quantitative estimate of drug-likeness (QED) is 0.436. The molecule has 3 aromatic rings. The summed E-state index contributed by atoms with van der Waals surface area (Å²) in [5, 5.41) is 2.78. The summed E-state index contributed by atoms with van der Waals surface area (Å²) in [6.07, 6.45) is 2.23. The second kappa shape index (κ2) is 9.57. The number of nitrogens with two attached hydrogens (primary N) is 1. The lowest BCUT2D eigenvalue weighted by atomic mass is 10.1. The van der Waals surface area contributed by atoms with E-state index in [4.69, 9.17) is 14.9 Å². The summed E-state index contributed by atoms with van der Waals surface area (Å²) in [6.45, 7) is 2.09. The summed E-state index contributed by atoms with van der Waals surface area (Å²) in [6, 6.07) is 13.2. The van der Waals surface area contributed by atoms with Gasteiger partial charge in [-0.3, -0.25) is 9.52 Å². The average molecular weight is 444 g/mol. The van der Waals surface area contributed by atoms with Gasteiger partial charge in [-0.25, -0.2) is 8.42 Å². The van der Waals surface area contributed by atoms with E-state index >= 15 is 0 Å². The van der Waals surface area contributed by atoms with Gasteiger partial charge in [0.05, 0.1) is 25.6 Å². The Morgan fingerprint density at radius 3 is 2.65 bits per heavy atom. The first-order valence-corrected chi connectivity index (χ1v) is 11.1. The van der Waals surface area contributed by atoms with Gasteiger partial charge in [0, 0.05) is 12.1 Å². The first kappa shape index (κ1) is 22.2. The van der Waals surface area contributed by atoms with Crippen LogP contribution < -0.4 is 20.5 Å². The summed E-state index contributed by atoms with van der Waals surface area (Å²) in [7, 11) is -2.47. The van der Waals surface area contributed by atoms with Crippen molar-refractivity contribution in [2.24, 2.45) is 0 Å². The van der Waals surface area contributed by atoms with Crippen molar-refractivity contribution in [1.29, 1.82) is 0 Å². The van der Waals surface area contributed by atoms with Crippen molar-refractivity contribution in [2.45, 2.75) is 31.2 Å². The van der Waals surface area contributed by atoms with Crippen molar-refractivity contribution in [3.8, 4) is 5.75 Å². The first-order valence-electron chi connectivity index (χ1n) is 9.63. The molecule has 3 rings (SSSR count). The van der Waals surface area contributed by atoms with E-state index in [9.17, 15) is 13.2 Å². The van der Waals surface area contributed by atoms with Crippen LogP contribution in [0.3, 0.4) is 0 Å². The highest BCUT2D eigenvalue weighted by atomic mass is 32.2. The number of sulfonamides is 1. The van der Waals surface area contributed by atoms with E-state index in [1.54, 1.807) is 55.7 Å². The van der Waals surface area contributed by atoms with Crippen LogP contribution >= 0.6 is 0 Å². The van der Waals surface area contributed by atoms with Crippen molar-refractivity contribution >= 4 is 27.3 Å². The number of hydrogen-bond acceptors (Lipinski definition) is 6. The molecule has 1 amide bonds. The number of carbonyl (C=O) groups excluding carboxylic acids is 1. The molecule has 164 valence electrons. The fraction of sp³-hybridized carbons (Fsp3) is 0.227. The van der Waals surface area contributed by atoms with E-state index in [0.29, 0.717) is 35.7 Å². The van der Waals surface area contributed by atoms with Gasteiger partial charge in [0.1, 0.15) is 16.4 Å². The Morgan fingerprint density at radius 2 is 1.97 bits per heavy atom. The van der Waals surface area contributed by atoms with Crippen LogP contribution in [0, 0.1) is 6.92 Å². The Hall–Kier alpha value is -3.46. The van der Waals surface area contributed by atoms with Crippen LogP contribution in [-0.4, -0.2) is 21.4 Å². The topological polar surface area (TPSA) is 124 Å². The van der Waals surface area contributed by atoms with Gasteiger partial charge in [0.15, 0.2) is 0 Å². The highest BCUT2D eigenvalue weighted by Gasteiger charge is 2.21. The van der Waals surface area contributed by atoms with Crippen LogP contribution in [0.4, 0.5) is 11.4 Å². The molecule has 0 unspecified atom stereocenters. The lowest BCUT2D eigenvalue weighted by Gasteiger charge is -2.14. The number of anilines is 2. The van der Waals surface area contributed by atoms with Gasteiger partial charge >= 0.3 is 0 Å². The normalized spacial score (nSPS) is 11.2. The number of nitrogen functional groups attached to an aromatic ring is 1. The van der Waals surface area contributed by atoms with Crippen LogP contribution in [0.15, 0.2) is 64.1 Å². The number of furan rings is 1. The smallest absolute Gasteiger partial charge is 0.265 e. The summed E-state index contributed by atoms with van der Waals surface area (Å²) >= 11 is 0. The molecular formula is C22H25N3O5S. The highest BCUT2D eigenvalue weighted by Crippen LogP contribution is 2.29. The van der Waals surface area contributed by atoms with E-state index in [-0.39, 0.29) is 23.0 Å². The largest absolute Gasteiger partial charge is 0.495 e. The molecule has 0 atom stereocenters. The number of methoxy groups -OCH3 is 1. The summed E-state index contributed by atoms with van der Waals surface area (Å²) in [4.78, 5) is 12.1. The monoisotopic (exact) mass is 443 g/mol. The molecule has 4 N–H and O–H groups in total. The number of ether oxygens (including phenoxy) is 1. The molecule has 0 saturated carbocycles. The van der Waals surface area contributed by atoms with Crippen LogP contribution in [0.1, 0.15) is 23.3 Å². The Bertz CT molecular complexity index is 1160. The summed E-state index contributed by atoms with van der Waals surface area (Å²) in [5.41, 5.74) is 8.21. The van der Waals surface area contributed by atoms with Crippen LogP contribution in [0.25, 0.3) is 0 Å². The lowest BCUT2D eigenvalue weighted by molar-refractivity contribution is -0.121. The number of hydrogen-bond donors (Lipinski definition) is 3. The fourth-order valence-electron chi connectivity index (χ4n) is 3.04. The zero-order valence-corrected chi connectivity index (χ0v) is 18.2. The maximum absolute atomic E-state index is 12.9. The van der Waals surface area contributed by atoms with Crippen molar-refractivity contribution in [3.63, 3.8) is 0 Å². The zero-order valence-electron chi connectivity index (χ0n) is 17.3. The first-order chi connectivity index (χ1) is 14.8. The third kappa shape index (κ3) is 5.79. The third-order valence-corrected chi connectivity index (χ3v) is 6.10. The van der Waals surface area contributed by atoms with E-state index in [2.05, 4.69) is 10.0 Å². The second-order valence-corrected chi connectivity index (χ2v) is 8.67. The van der Waals surface area contributed by atoms with E-state index < -0.39 is 10.0 Å². The molecule has 0 radical (unpaired) electrons. The lowest BCUT2D eigenvalue weighted by Crippen LogP contribution is -2.22. The predicted molar refractivity (Wildman–Crippen MR) is 118 cm³/mol. The van der Waals surface area contributed by atoms with Gasteiger partial charge in [-0.15, -0.1) is 0 Å². The molecule has 0 fully saturated rings. The maximum Gasteiger partial charge on any atom is 0.265 e. The van der Waals surface area contributed by atoms with Crippen molar-refractivity contribution in [1.82, 2.24) is 5.32 Å². The minimum atomic E-state index is -3.88. The zero-order chi connectivity index (χ0) is 22.4. The standard InChI is InChI=1S/C22H25N3O5S/c1-15-12-17(23)7-8-19(15)25-31(27,28)21-9-5-16(13-20(21)29-2)6-10-22(26)24-14-18-4-3-11-30-18/h3-5,7-9,11-13,25H,6,10,14,23H2,1-2H3,(H,24,26). The number of rotatable bonds is 9. The van der Waals surface area contributed by atoms with Gasteiger partial charge < -0.3 is 20.2 Å². The summed E-state index contributed by atoms with van der Waals surface area (Å²) < 4.78 is 38.9. The molecule has 1 aromatic heterocycles. The van der Waals surface area contributed by atoms with Crippen LogP contribution in [0.2, 0.25) is 0 Å². The molecule has 0 aliphatic carbocycles. The minimum Gasteiger partial charge on any atom is -0.495 e. The number of nitrogens with one attached hydrogen (secondary N) is 2. The molecule has 2 aromatic carbocycles. The number of benzene rings is 2. The van der Waals surface area contributed by atoms with Crippen molar-refractivity contribution < 1.29 is 22.4 Å². The number of carbonyl (C=O) groups is 1. The predicted octanol–water partition coefficient (Wildman–Crippen LogP) is 3.23. The summed E-state index contributed by atoms with van der Waals surface area (Å²) in [5.74, 6) is 0.745. The van der Waals surface area contributed by atoms with Crippen LogP contribution in [0.5, 0.6) is 5.75 Å². The second-order valence-electron chi connectivity index (χ2n) is 7.02. The number of aryl methyl sites for hydroxylation is 2. The van der Waals surface area contributed by atoms with E-state index in [1.807, 2.05) is 0 Å². The average Bonchev–Trinajstić information content (AvgIpc) is 3.26. The molecular weight excluding hydrogens is 418 g/mol. The maximum atomic E-state index is 12.9. The van der Waals surface area contributed by atoms with Gasteiger partial charge in [-0.1, -0.05) is 6.07 Å². The van der Waals surface area contributed by atoms with E-state index in [0.717, 1.165) is 5.56 Å². The van der Waals surface area contributed by atoms with Gasteiger partial charge in [0.2, 0.25) is 5.91 Å². The van der Waals surface area contributed by atoms with Gasteiger partial charge in [-0.2, -0.15) is 0 Å². The Kier molecular flexibility index (Phi) is 6.86. The number of amides is 1. The molecule has 9 heteroatoms. The molecule has 0 bridgehead atoms. The molecule has 0 aliphatic heterocycles. The Balaban J connectivity index is 1.67. The van der Waals surface area contributed by atoms with Crippen molar-refractivity contribution in [3.05, 3.63) is 71.7 Å². The molecule has 0 saturated heterocycles. The Labute approximate surface area is 181 Å². The SMILES string of the molecule is COc1cc(CCC(=O)NCc2ccco2)ccc1S(=O)(=O)Nc1ccc(N)cc1C. The molecule has 0 spiro atoms. The third-order valence-electron chi connectivity index (χ3n) is 4.69.